The molecule has 2 N–H and O–H groups in total. The average molecular weight is 451 g/mol. The molecule has 1 aliphatic rings. The lowest BCUT2D eigenvalue weighted by Crippen LogP contribution is -2.17. The van der Waals surface area contributed by atoms with E-state index >= 15 is 0 Å². The third-order valence-electron chi connectivity index (χ3n) is 4.66. The van der Waals surface area contributed by atoms with Crippen LogP contribution in [0, 0.1) is 6.92 Å². The smallest absolute Gasteiger partial charge is 0.226 e. The molecule has 0 aliphatic heterocycles. The molecule has 0 saturated heterocycles. The van der Waals surface area contributed by atoms with Crippen molar-refractivity contribution in [3.8, 4) is 0 Å². The molecule has 1 saturated carbocycles. The maximum atomic E-state index is 12.1. The Kier molecular flexibility index (Phi) is 6.95. The summed E-state index contributed by atoms with van der Waals surface area (Å²) < 4.78 is 0.990. The summed E-state index contributed by atoms with van der Waals surface area (Å²) in [4.78, 5) is 24.1. The first kappa shape index (κ1) is 19.9. The summed E-state index contributed by atoms with van der Waals surface area (Å²) in [6.45, 7) is 1.96. The Bertz CT molecular complexity index is 818. The molecule has 0 bridgehead atoms. The maximum absolute atomic E-state index is 12.1. The van der Waals surface area contributed by atoms with Crippen molar-refractivity contribution in [2.75, 3.05) is 10.6 Å². The highest BCUT2D eigenvalue weighted by molar-refractivity contribution is 9.10. The summed E-state index contributed by atoms with van der Waals surface area (Å²) in [7, 11) is 0. The van der Waals surface area contributed by atoms with E-state index in [0.29, 0.717) is 11.0 Å². The largest absolute Gasteiger partial charge is 0.326 e. The fraction of sp³-hybridized carbons (Fsp3) is 0.474. The van der Waals surface area contributed by atoms with Crippen molar-refractivity contribution >= 4 is 49.9 Å². The number of benzene rings is 1. The maximum Gasteiger partial charge on any atom is 0.226 e. The summed E-state index contributed by atoms with van der Waals surface area (Å²) in [5.74, 6) is 0.0672. The van der Waals surface area contributed by atoms with E-state index in [1.165, 1.54) is 30.6 Å². The standard InChI is InChI=1S/C19H23BrN4O2S/c1-12-11-14(7-8-15(12)20)21-16(25)9-10-17(26)22-19-24-23-18(27-19)13-5-3-2-4-6-13/h7-8,11,13H,2-6,9-10H2,1H3,(H,21,25)(H,22,24,26). The number of nitrogens with one attached hydrogen (secondary N) is 2. The first-order chi connectivity index (χ1) is 13.0. The lowest BCUT2D eigenvalue weighted by Gasteiger charge is -2.18. The van der Waals surface area contributed by atoms with E-state index < -0.39 is 0 Å². The molecule has 144 valence electrons. The van der Waals surface area contributed by atoms with Gasteiger partial charge in [0.2, 0.25) is 16.9 Å². The van der Waals surface area contributed by atoms with Gasteiger partial charge in [-0.1, -0.05) is 46.5 Å². The molecule has 0 radical (unpaired) electrons. The van der Waals surface area contributed by atoms with Crippen molar-refractivity contribution < 1.29 is 9.59 Å². The van der Waals surface area contributed by atoms with Gasteiger partial charge in [0.05, 0.1) is 0 Å². The molecule has 3 rings (SSSR count). The van der Waals surface area contributed by atoms with Crippen LogP contribution in [0.4, 0.5) is 10.8 Å². The SMILES string of the molecule is Cc1cc(NC(=O)CCC(=O)Nc2nnc(C3CCCCC3)s2)ccc1Br. The first-order valence-electron chi connectivity index (χ1n) is 9.20. The molecular weight excluding hydrogens is 428 g/mol. The van der Waals surface area contributed by atoms with E-state index in [4.69, 9.17) is 0 Å². The molecular formula is C19H23BrN4O2S. The lowest BCUT2D eigenvalue weighted by molar-refractivity contribution is -0.121. The molecule has 0 unspecified atom stereocenters. The van der Waals surface area contributed by atoms with Crippen molar-refractivity contribution in [2.24, 2.45) is 0 Å². The summed E-state index contributed by atoms with van der Waals surface area (Å²) >= 11 is 4.88. The van der Waals surface area contributed by atoms with E-state index in [1.807, 2.05) is 25.1 Å². The Morgan fingerprint density at radius 3 is 2.52 bits per heavy atom. The number of carbonyl (C=O) groups is 2. The third-order valence-corrected chi connectivity index (χ3v) is 6.55. The number of nitrogens with zero attached hydrogens (tertiary/aromatic N) is 2. The zero-order valence-corrected chi connectivity index (χ0v) is 17.7. The highest BCUT2D eigenvalue weighted by Gasteiger charge is 2.20. The van der Waals surface area contributed by atoms with Gasteiger partial charge in [-0.25, -0.2) is 0 Å². The third kappa shape index (κ3) is 5.84. The number of halogens is 1. The predicted octanol–water partition coefficient (Wildman–Crippen LogP) is 5.01. The van der Waals surface area contributed by atoms with Crippen LogP contribution in [0.1, 0.15) is 61.4 Å². The highest BCUT2D eigenvalue weighted by Crippen LogP contribution is 2.35. The molecule has 27 heavy (non-hydrogen) atoms. The summed E-state index contributed by atoms with van der Waals surface area (Å²) in [5.41, 5.74) is 1.76. The van der Waals surface area contributed by atoms with Crippen molar-refractivity contribution in [3.05, 3.63) is 33.2 Å². The summed E-state index contributed by atoms with van der Waals surface area (Å²) in [5, 5.41) is 15.4. The van der Waals surface area contributed by atoms with E-state index in [9.17, 15) is 9.59 Å². The zero-order chi connectivity index (χ0) is 19.2. The van der Waals surface area contributed by atoms with Gasteiger partial charge >= 0.3 is 0 Å². The second kappa shape index (κ2) is 9.41. The molecule has 1 heterocycles. The Balaban J connectivity index is 1.44. The highest BCUT2D eigenvalue weighted by atomic mass is 79.9. The van der Waals surface area contributed by atoms with Gasteiger partial charge in [-0.05, 0) is 43.5 Å². The number of anilines is 2. The lowest BCUT2D eigenvalue weighted by atomic mass is 9.90. The average Bonchev–Trinajstić information content (AvgIpc) is 3.12. The van der Waals surface area contributed by atoms with Gasteiger partial charge < -0.3 is 10.6 Å². The first-order valence-corrected chi connectivity index (χ1v) is 10.8. The van der Waals surface area contributed by atoms with Gasteiger partial charge in [0, 0.05) is 28.9 Å². The second-order valence-electron chi connectivity index (χ2n) is 6.84. The number of amides is 2. The van der Waals surface area contributed by atoms with Crippen LogP contribution in [0.2, 0.25) is 0 Å². The van der Waals surface area contributed by atoms with Crippen molar-refractivity contribution in [2.45, 2.75) is 57.8 Å². The topological polar surface area (TPSA) is 84.0 Å². The van der Waals surface area contributed by atoms with Gasteiger partial charge in [0.25, 0.3) is 0 Å². The van der Waals surface area contributed by atoms with Crippen molar-refractivity contribution in [3.63, 3.8) is 0 Å². The number of aryl methyl sites for hydroxylation is 1. The normalized spacial score (nSPS) is 14.7. The molecule has 1 aromatic heterocycles. The number of hydrogen-bond donors (Lipinski definition) is 2. The Morgan fingerprint density at radius 2 is 1.81 bits per heavy atom. The molecule has 1 aliphatic carbocycles. The predicted molar refractivity (Wildman–Crippen MR) is 111 cm³/mol. The van der Waals surface area contributed by atoms with Gasteiger partial charge in [0.15, 0.2) is 0 Å². The van der Waals surface area contributed by atoms with Crippen LogP contribution in [0.5, 0.6) is 0 Å². The quantitative estimate of drug-likeness (QED) is 0.647. The molecule has 0 spiro atoms. The van der Waals surface area contributed by atoms with E-state index in [1.54, 1.807) is 0 Å². The van der Waals surface area contributed by atoms with Crippen LogP contribution in [0.25, 0.3) is 0 Å². The minimum atomic E-state index is -0.219. The molecule has 8 heteroatoms. The van der Waals surface area contributed by atoms with Gasteiger partial charge in [-0.15, -0.1) is 10.2 Å². The number of hydrogen-bond acceptors (Lipinski definition) is 5. The van der Waals surface area contributed by atoms with E-state index in [2.05, 4.69) is 36.8 Å². The number of rotatable bonds is 6. The van der Waals surface area contributed by atoms with E-state index in [0.717, 1.165) is 33.6 Å². The van der Waals surface area contributed by atoms with Crippen LogP contribution in [0.3, 0.4) is 0 Å². The van der Waals surface area contributed by atoms with Gasteiger partial charge in [0.1, 0.15) is 5.01 Å². The molecule has 1 fully saturated rings. The van der Waals surface area contributed by atoms with Crippen LogP contribution in [-0.4, -0.2) is 22.0 Å². The van der Waals surface area contributed by atoms with Crippen LogP contribution >= 0.6 is 27.3 Å². The fourth-order valence-corrected chi connectivity index (χ4v) is 4.33. The van der Waals surface area contributed by atoms with Crippen LogP contribution < -0.4 is 10.6 Å². The number of carbonyl (C=O) groups excluding carboxylic acids is 2. The zero-order valence-electron chi connectivity index (χ0n) is 15.3. The van der Waals surface area contributed by atoms with Crippen molar-refractivity contribution in [1.29, 1.82) is 0 Å². The van der Waals surface area contributed by atoms with Gasteiger partial charge in [-0.3, -0.25) is 9.59 Å². The molecule has 6 nitrogen and oxygen atoms in total. The molecule has 2 aromatic rings. The number of aromatic nitrogens is 2. The molecule has 2 amide bonds. The van der Waals surface area contributed by atoms with E-state index in [-0.39, 0.29) is 24.7 Å². The molecule has 0 atom stereocenters. The Morgan fingerprint density at radius 1 is 1.11 bits per heavy atom. The van der Waals surface area contributed by atoms with Gasteiger partial charge in [-0.2, -0.15) is 0 Å². The Hall–Kier alpha value is -1.80. The minimum Gasteiger partial charge on any atom is -0.326 e. The monoisotopic (exact) mass is 450 g/mol. The van der Waals surface area contributed by atoms with Crippen LogP contribution in [-0.2, 0) is 9.59 Å². The Labute approximate surface area is 171 Å². The molecule has 1 aromatic carbocycles. The second-order valence-corrected chi connectivity index (χ2v) is 8.70. The summed E-state index contributed by atoms with van der Waals surface area (Å²) in [6.07, 6.45) is 6.30. The summed E-state index contributed by atoms with van der Waals surface area (Å²) in [6, 6.07) is 5.59. The van der Waals surface area contributed by atoms with Crippen LogP contribution in [0.15, 0.2) is 22.7 Å². The fourth-order valence-electron chi connectivity index (χ4n) is 3.15. The minimum absolute atomic E-state index is 0.111. The van der Waals surface area contributed by atoms with Crippen molar-refractivity contribution in [1.82, 2.24) is 10.2 Å².